The van der Waals surface area contributed by atoms with Crippen molar-refractivity contribution >= 4 is 21.8 Å². The quantitative estimate of drug-likeness (QED) is 0.721. The molecule has 10 heteroatoms. The van der Waals surface area contributed by atoms with Crippen molar-refractivity contribution in [2.75, 3.05) is 44.1 Å². The molecule has 1 saturated heterocycles. The summed E-state index contributed by atoms with van der Waals surface area (Å²) in [5, 5.41) is 11.8. The fraction of sp³-hybridized carbons (Fsp3) is 0.583. The van der Waals surface area contributed by atoms with E-state index in [2.05, 4.69) is 15.3 Å². The number of ether oxygens (including phenoxy) is 1. The monoisotopic (exact) mass is 326 g/mol. The number of nitrogens with one attached hydrogen (secondary N) is 1. The summed E-state index contributed by atoms with van der Waals surface area (Å²) in [5.41, 5.74) is 5.83. The Kier molecular flexibility index (Phi) is 4.80. The molecule has 2 rings (SSSR count). The second kappa shape index (κ2) is 6.43. The molecule has 22 heavy (non-hydrogen) atoms. The summed E-state index contributed by atoms with van der Waals surface area (Å²) in [7, 11) is -0.325. The third kappa shape index (κ3) is 3.62. The first-order chi connectivity index (χ1) is 10.3. The second-order valence-electron chi connectivity index (χ2n) is 5.21. The van der Waals surface area contributed by atoms with Gasteiger partial charge >= 0.3 is 0 Å². The number of rotatable bonds is 5. The van der Waals surface area contributed by atoms with Crippen LogP contribution in [0.4, 0.5) is 11.8 Å². The average molecular weight is 326 g/mol. The highest BCUT2D eigenvalue weighted by Crippen LogP contribution is 2.20. The number of nitrogens with two attached hydrogens (primary N) is 1. The van der Waals surface area contributed by atoms with Crippen molar-refractivity contribution in [3.63, 3.8) is 0 Å². The molecule has 0 spiro atoms. The van der Waals surface area contributed by atoms with Gasteiger partial charge in [0.15, 0.2) is 0 Å². The van der Waals surface area contributed by atoms with Gasteiger partial charge in [0.25, 0.3) is 0 Å². The maximum absolute atomic E-state index is 12.0. The average Bonchev–Trinajstić information content (AvgIpc) is 2.85. The molecule has 3 N–H and O–H groups in total. The molecule has 0 aromatic carbocycles. The van der Waals surface area contributed by atoms with Crippen molar-refractivity contribution in [1.29, 1.82) is 5.26 Å². The molecule has 0 saturated carbocycles. The van der Waals surface area contributed by atoms with Gasteiger partial charge in [0.05, 0.1) is 31.2 Å². The molecule has 1 aliphatic rings. The van der Waals surface area contributed by atoms with Crippen molar-refractivity contribution < 1.29 is 13.2 Å². The SMILES string of the molecule is CN(C)S(=O)(=O)C[C@@H]1COC[C@@H]1Nc1ncc(C#N)c(N)n1. The maximum Gasteiger partial charge on any atom is 0.224 e. The van der Waals surface area contributed by atoms with E-state index in [1.165, 1.54) is 24.6 Å². The summed E-state index contributed by atoms with van der Waals surface area (Å²) in [5.74, 6) is 0.0900. The molecule has 1 fully saturated rings. The van der Waals surface area contributed by atoms with Crippen molar-refractivity contribution in [3.8, 4) is 6.07 Å². The number of nitriles is 1. The van der Waals surface area contributed by atoms with Crippen molar-refractivity contribution in [3.05, 3.63) is 11.8 Å². The van der Waals surface area contributed by atoms with E-state index < -0.39 is 10.0 Å². The minimum Gasteiger partial charge on any atom is -0.382 e. The Morgan fingerprint density at radius 2 is 2.27 bits per heavy atom. The molecule has 0 bridgehead atoms. The summed E-state index contributed by atoms with van der Waals surface area (Å²) in [6, 6.07) is 1.65. The molecule has 0 radical (unpaired) electrons. The maximum atomic E-state index is 12.0. The van der Waals surface area contributed by atoms with Gasteiger partial charge in [0.1, 0.15) is 17.5 Å². The van der Waals surface area contributed by atoms with Crippen LogP contribution < -0.4 is 11.1 Å². The first-order valence-corrected chi connectivity index (χ1v) is 8.21. The Bertz CT molecular complexity index is 685. The third-order valence-corrected chi connectivity index (χ3v) is 5.39. The molecular weight excluding hydrogens is 308 g/mol. The standard InChI is InChI=1S/C12H18N6O3S/c1-18(2)22(19,20)7-9-5-21-6-10(9)16-12-15-4-8(3-13)11(14)17-12/h4,9-10H,5-7H2,1-2H3,(H3,14,15,16,17)/t9-,10-/m0/s1. The molecule has 1 aliphatic heterocycles. The fourth-order valence-electron chi connectivity index (χ4n) is 2.06. The number of aromatic nitrogens is 2. The Hall–Kier alpha value is -1.96. The summed E-state index contributed by atoms with van der Waals surface area (Å²) < 4.78 is 30.5. The van der Waals surface area contributed by atoms with Crippen LogP contribution >= 0.6 is 0 Å². The van der Waals surface area contributed by atoms with Gasteiger partial charge < -0.3 is 15.8 Å². The number of hydrogen-bond donors (Lipinski definition) is 2. The van der Waals surface area contributed by atoms with Crippen molar-refractivity contribution in [2.24, 2.45) is 5.92 Å². The smallest absolute Gasteiger partial charge is 0.224 e. The number of nitrogen functional groups attached to an aromatic ring is 1. The van der Waals surface area contributed by atoms with Crippen LogP contribution in [0.3, 0.4) is 0 Å². The lowest BCUT2D eigenvalue weighted by atomic mass is 10.1. The van der Waals surface area contributed by atoms with Crippen LogP contribution in [-0.4, -0.2) is 61.8 Å². The molecule has 1 aromatic rings. The molecule has 120 valence electrons. The summed E-state index contributed by atoms with van der Waals surface area (Å²) in [6.45, 7) is 0.702. The lowest BCUT2D eigenvalue weighted by Gasteiger charge is -2.21. The summed E-state index contributed by atoms with van der Waals surface area (Å²) >= 11 is 0. The summed E-state index contributed by atoms with van der Waals surface area (Å²) in [4.78, 5) is 7.99. The van der Waals surface area contributed by atoms with E-state index in [0.29, 0.717) is 13.2 Å². The Labute approximate surface area is 129 Å². The normalized spacial score (nSPS) is 21.7. The predicted octanol–water partition coefficient (Wildman–Crippen LogP) is -0.751. The largest absolute Gasteiger partial charge is 0.382 e. The van der Waals surface area contributed by atoms with E-state index in [4.69, 9.17) is 15.7 Å². The van der Waals surface area contributed by atoms with Crippen LogP contribution in [0.5, 0.6) is 0 Å². The van der Waals surface area contributed by atoms with Gasteiger partial charge in [-0.05, 0) is 0 Å². The second-order valence-corrected chi connectivity index (χ2v) is 7.44. The van der Waals surface area contributed by atoms with Gasteiger partial charge in [-0.1, -0.05) is 0 Å². The Morgan fingerprint density at radius 3 is 2.86 bits per heavy atom. The van der Waals surface area contributed by atoms with Gasteiger partial charge in [-0.25, -0.2) is 17.7 Å². The topological polar surface area (TPSA) is 134 Å². The molecule has 9 nitrogen and oxygen atoms in total. The lowest BCUT2D eigenvalue weighted by Crippen LogP contribution is -2.37. The van der Waals surface area contributed by atoms with E-state index in [-0.39, 0.29) is 35.0 Å². The third-order valence-electron chi connectivity index (χ3n) is 3.43. The van der Waals surface area contributed by atoms with E-state index in [1.54, 1.807) is 0 Å². The first kappa shape index (κ1) is 16.4. The first-order valence-electron chi connectivity index (χ1n) is 6.60. The van der Waals surface area contributed by atoms with E-state index in [9.17, 15) is 8.42 Å². The predicted molar refractivity (Wildman–Crippen MR) is 80.4 cm³/mol. The van der Waals surface area contributed by atoms with Crippen LogP contribution in [0, 0.1) is 17.2 Å². The Morgan fingerprint density at radius 1 is 1.55 bits per heavy atom. The zero-order chi connectivity index (χ0) is 16.3. The molecular formula is C12H18N6O3S. The van der Waals surface area contributed by atoms with Crippen LogP contribution in [-0.2, 0) is 14.8 Å². The van der Waals surface area contributed by atoms with E-state index in [0.717, 1.165) is 0 Å². The minimum atomic E-state index is -3.32. The number of nitrogens with zero attached hydrogens (tertiary/aromatic N) is 4. The Balaban J connectivity index is 2.09. The highest BCUT2D eigenvalue weighted by atomic mass is 32.2. The molecule has 0 aliphatic carbocycles. The minimum absolute atomic E-state index is 0.0244. The van der Waals surface area contributed by atoms with Gasteiger partial charge in [-0.3, -0.25) is 0 Å². The van der Waals surface area contributed by atoms with Crippen molar-refractivity contribution in [2.45, 2.75) is 6.04 Å². The fourth-order valence-corrected chi connectivity index (χ4v) is 3.23. The number of hydrogen-bond acceptors (Lipinski definition) is 8. The number of sulfonamides is 1. The molecule has 0 unspecified atom stereocenters. The van der Waals surface area contributed by atoms with Crippen LogP contribution in [0.15, 0.2) is 6.20 Å². The lowest BCUT2D eigenvalue weighted by molar-refractivity contribution is 0.187. The van der Waals surface area contributed by atoms with Gasteiger partial charge in [-0.15, -0.1) is 0 Å². The van der Waals surface area contributed by atoms with E-state index >= 15 is 0 Å². The molecule has 2 heterocycles. The molecule has 2 atom stereocenters. The molecule has 0 amide bonds. The zero-order valence-electron chi connectivity index (χ0n) is 12.4. The highest BCUT2D eigenvalue weighted by Gasteiger charge is 2.33. The summed E-state index contributed by atoms with van der Waals surface area (Å²) in [6.07, 6.45) is 1.33. The van der Waals surface area contributed by atoms with Crippen LogP contribution in [0.1, 0.15) is 5.56 Å². The highest BCUT2D eigenvalue weighted by molar-refractivity contribution is 7.89. The van der Waals surface area contributed by atoms with Crippen LogP contribution in [0.25, 0.3) is 0 Å². The van der Waals surface area contributed by atoms with E-state index in [1.807, 2.05) is 6.07 Å². The van der Waals surface area contributed by atoms with Gasteiger partial charge in [0, 0.05) is 20.0 Å². The van der Waals surface area contributed by atoms with Crippen molar-refractivity contribution in [1.82, 2.24) is 14.3 Å². The zero-order valence-corrected chi connectivity index (χ0v) is 13.2. The molecule has 1 aromatic heterocycles. The van der Waals surface area contributed by atoms with Gasteiger partial charge in [0.2, 0.25) is 16.0 Å². The van der Waals surface area contributed by atoms with Crippen LogP contribution in [0.2, 0.25) is 0 Å². The van der Waals surface area contributed by atoms with Gasteiger partial charge in [-0.2, -0.15) is 10.2 Å². The number of anilines is 2.